The number of aliphatic hydroxyl groups is 2. The smallest absolute Gasteiger partial charge is 0.271 e. The molecule has 7 amide bonds. The molecule has 5 aromatic rings. The fourth-order valence-electron chi connectivity index (χ4n) is 8.48. The summed E-state index contributed by atoms with van der Waals surface area (Å²) >= 11 is 5.42. The van der Waals surface area contributed by atoms with E-state index in [2.05, 4.69) is 57.5 Å². The van der Waals surface area contributed by atoms with Crippen molar-refractivity contribution >= 4 is 92.5 Å². The first-order chi connectivity index (χ1) is 40.6. The Bertz CT molecular complexity index is 2960. The van der Waals surface area contributed by atoms with Gasteiger partial charge in [0.2, 0.25) is 29.5 Å². The highest BCUT2D eigenvalue weighted by Gasteiger charge is 2.36. The number of nitrogens with zero attached hydrogens (tertiary/aromatic N) is 5. The summed E-state index contributed by atoms with van der Waals surface area (Å²) in [5.41, 5.74) is 29.8. The maximum atomic E-state index is 14.4. The van der Waals surface area contributed by atoms with Crippen LogP contribution in [0.1, 0.15) is 115 Å². The van der Waals surface area contributed by atoms with Crippen LogP contribution in [0.4, 0.5) is 5.82 Å². The molecule has 0 aliphatic heterocycles. The third-order valence-electron chi connectivity index (χ3n) is 13.3. The molecule has 0 aliphatic carbocycles. The Hall–Kier alpha value is -6.52. The average molecular weight is 1260 g/mol. The zero-order valence-electron chi connectivity index (χ0n) is 48.5. The molecule has 0 aliphatic rings. The molecule has 0 saturated heterocycles. The summed E-state index contributed by atoms with van der Waals surface area (Å²) in [7, 11) is 0. The minimum Gasteiger partial charge on any atom is -0.391 e. The summed E-state index contributed by atoms with van der Waals surface area (Å²) in [5.74, 6) is -6.40. The number of thiophene rings is 1. The van der Waals surface area contributed by atoms with E-state index in [1.165, 1.54) is 66.1 Å². The molecule has 5 heterocycles. The van der Waals surface area contributed by atoms with E-state index in [4.69, 9.17) is 38.6 Å². The van der Waals surface area contributed by atoms with Gasteiger partial charge in [0, 0.05) is 65.5 Å². The van der Waals surface area contributed by atoms with Gasteiger partial charge in [-0.15, -0.1) is 45.3 Å². The molecule has 5 rings (SSSR count). The van der Waals surface area contributed by atoms with Crippen LogP contribution in [0, 0.1) is 18.8 Å². The van der Waals surface area contributed by atoms with Crippen LogP contribution in [0.5, 0.6) is 0 Å². The molecule has 27 nitrogen and oxygen atoms in total. The van der Waals surface area contributed by atoms with Crippen molar-refractivity contribution in [2.24, 2.45) is 34.8 Å². The molecule has 0 fully saturated rings. The van der Waals surface area contributed by atoms with E-state index >= 15 is 0 Å². The molecule has 20 N–H and O–H groups in total. The van der Waals surface area contributed by atoms with Crippen LogP contribution in [0.15, 0.2) is 33.7 Å². The SMILES string of the molecule is Cc1c(N)nc([C@H](CC(N)=O)NC[C@H](N)C(N)=O)nc1C(=O)N[C@@H](Cc1cccs1)C(=O)N[C@H](CC(C)C)[C@@H](O)[C@H](C)C(=O)N[C@H](C(=O)NCCc1nc(-c2nc(-c3nc(C(=O)NCCCNCCCCNCCCN)cs3)cs2)cs1)[C@@H](C)O. The molecule has 0 unspecified atom stereocenters. The first-order valence-electron chi connectivity index (χ1n) is 28.1. The first kappa shape index (κ1) is 69.3. The van der Waals surface area contributed by atoms with Gasteiger partial charge in [-0.25, -0.2) is 24.9 Å². The molecular weight excluding hydrogens is 1170 g/mol. The van der Waals surface area contributed by atoms with Gasteiger partial charge in [0.25, 0.3) is 11.8 Å². The lowest BCUT2D eigenvalue weighted by atomic mass is 9.90. The van der Waals surface area contributed by atoms with E-state index < -0.39 is 83.8 Å². The van der Waals surface area contributed by atoms with Gasteiger partial charge >= 0.3 is 0 Å². The summed E-state index contributed by atoms with van der Waals surface area (Å²) in [6.07, 6.45) is 1.21. The fraction of sp³-hybridized carbons (Fsp3) is 0.556. The van der Waals surface area contributed by atoms with E-state index in [0.717, 1.165) is 56.7 Å². The van der Waals surface area contributed by atoms with Crippen molar-refractivity contribution < 1.29 is 43.8 Å². The molecule has 0 spiro atoms. The average Bonchev–Trinajstić information content (AvgIpc) is 4.40. The second-order valence-electron chi connectivity index (χ2n) is 20.8. The van der Waals surface area contributed by atoms with Crippen LogP contribution in [0.2, 0.25) is 0 Å². The molecule has 8 atom stereocenters. The number of carbonyl (C=O) groups excluding carboxylic acids is 7. The van der Waals surface area contributed by atoms with Crippen molar-refractivity contribution in [1.29, 1.82) is 0 Å². The lowest BCUT2D eigenvalue weighted by Gasteiger charge is -2.32. The van der Waals surface area contributed by atoms with Gasteiger partial charge < -0.3 is 81.4 Å². The van der Waals surface area contributed by atoms with Gasteiger partial charge in [-0.2, -0.15) is 0 Å². The van der Waals surface area contributed by atoms with Crippen molar-refractivity contribution in [3.63, 3.8) is 0 Å². The number of hydrogen-bond acceptors (Lipinski definition) is 24. The number of thiazole rings is 3. The predicted octanol–water partition coefficient (Wildman–Crippen LogP) is -0.0275. The number of nitrogen functional groups attached to an aromatic ring is 1. The van der Waals surface area contributed by atoms with Gasteiger partial charge in [-0.05, 0) is 96.0 Å². The predicted molar refractivity (Wildman–Crippen MR) is 329 cm³/mol. The quantitative estimate of drug-likeness (QED) is 0.0230. The molecule has 31 heteroatoms. The number of rotatable bonds is 39. The summed E-state index contributed by atoms with van der Waals surface area (Å²) in [6.45, 7) is 12.8. The van der Waals surface area contributed by atoms with E-state index in [9.17, 15) is 43.8 Å². The summed E-state index contributed by atoms with van der Waals surface area (Å²) in [4.78, 5) is 116. The lowest BCUT2D eigenvalue weighted by Crippen LogP contribution is -2.58. The topological polar surface area (TPSA) is 451 Å². The lowest BCUT2D eigenvalue weighted by molar-refractivity contribution is -0.136. The van der Waals surface area contributed by atoms with Gasteiger partial charge in [0.1, 0.15) is 56.5 Å². The van der Waals surface area contributed by atoms with Crippen LogP contribution in [0.3, 0.4) is 0 Å². The van der Waals surface area contributed by atoms with Crippen molar-refractivity contribution in [2.45, 2.75) is 128 Å². The largest absolute Gasteiger partial charge is 0.391 e. The van der Waals surface area contributed by atoms with Crippen molar-refractivity contribution in [3.8, 4) is 21.4 Å². The molecule has 0 bridgehead atoms. The summed E-state index contributed by atoms with van der Waals surface area (Å²) < 4.78 is 0. The maximum absolute atomic E-state index is 14.4. The van der Waals surface area contributed by atoms with Crippen LogP contribution < -0.4 is 71.2 Å². The van der Waals surface area contributed by atoms with E-state index in [1.807, 2.05) is 24.6 Å². The van der Waals surface area contributed by atoms with E-state index in [1.54, 1.807) is 22.9 Å². The molecule has 466 valence electrons. The summed E-state index contributed by atoms with van der Waals surface area (Å²) in [6, 6.07) is -2.37. The standard InChI is InChI=1S/C54H82N18O9S4/c1-28(2)21-34(66-50(79)36(22-32-11-8-20-82-32)67-52(81)42-29(3)45(58)72-47(70-42)35(23-40(57)74)64-24-33(56)46(59)76)44(75)30(4)48(77)71-43(31(5)73)51(80)63-19-12-41-65-38(26-83-41)53-69-39(27-85-53)54-68-37(25-84-54)49(78)62-18-10-17-61-15-7-6-14-60-16-9-13-55/h8,11,20,25-28,30-31,33-36,43-44,60-61,64,73,75H,6-7,9-10,12-19,21-24,55-56H2,1-5H3,(H2,57,74)(H2,59,76)(H,62,78)(H,63,80)(H,66,79)(H,67,81)(H,71,77)(H2,58,70,72)/t30-,31+,33-,34+,35-,36-,43-,44-/m0/s1. The van der Waals surface area contributed by atoms with Gasteiger partial charge in [-0.3, -0.25) is 33.6 Å². The number of nitrogens with two attached hydrogens (primary N) is 5. The molecule has 0 saturated carbocycles. The second-order valence-corrected chi connectivity index (χ2v) is 24.5. The van der Waals surface area contributed by atoms with Crippen LogP contribution in [-0.4, -0.2) is 165 Å². The number of carbonyl (C=O) groups is 7. The van der Waals surface area contributed by atoms with Crippen LogP contribution in [0.25, 0.3) is 21.4 Å². The normalized spacial score (nSPS) is 14.3. The number of amides is 7. The highest BCUT2D eigenvalue weighted by Crippen LogP contribution is 2.31. The number of nitrogens with one attached hydrogen (secondary N) is 8. The number of aromatic nitrogens is 5. The summed E-state index contributed by atoms with van der Waals surface area (Å²) in [5, 5.41) is 55.2. The fourth-order valence-corrected chi connectivity index (χ4v) is 11.7. The van der Waals surface area contributed by atoms with Gasteiger partial charge in [0.05, 0.1) is 41.3 Å². The van der Waals surface area contributed by atoms with Crippen molar-refractivity contribution in [2.75, 3.05) is 58.1 Å². The third-order valence-corrected chi connectivity index (χ3v) is 16.9. The number of anilines is 1. The molecule has 0 aromatic carbocycles. The van der Waals surface area contributed by atoms with Crippen LogP contribution >= 0.6 is 45.3 Å². The molecular formula is C54H82N18O9S4. The number of hydrogen-bond donors (Lipinski definition) is 15. The molecule has 5 aromatic heterocycles. The van der Waals surface area contributed by atoms with Gasteiger partial charge in [0.15, 0.2) is 0 Å². The van der Waals surface area contributed by atoms with Crippen molar-refractivity contribution in [1.82, 2.24) is 67.5 Å². The Balaban J connectivity index is 1.14. The Morgan fingerprint density at radius 1 is 0.706 bits per heavy atom. The van der Waals surface area contributed by atoms with E-state index in [-0.39, 0.29) is 67.1 Å². The highest BCUT2D eigenvalue weighted by atomic mass is 32.1. The Morgan fingerprint density at radius 3 is 2.04 bits per heavy atom. The number of unbranched alkanes of at least 4 members (excludes halogenated alkanes) is 1. The van der Waals surface area contributed by atoms with Crippen LogP contribution in [-0.2, 0) is 36.8 Å². The monoisotopic (exact) mass is 1250 g/mol. The number of primary amides is 2. The Labute approximate surface area is 510 Å². The first-order valence-corrected chi connectivity index (χ1v) is 31.6. The minimum absolute atomic E-state index is 0.00855. The minimum atomic E-state index is -1.52. The molecule has 0 radical (unpaired) electrons. The second kappa shape index (κ2) is 35.2. The Kier molecular flexibility index (Phi) is 28.7. The Morgan fingerprint density at radius 2 is 1.38 bits per heavy atom. The zero-order chi connectivity index (χ0) is 62.2. The zero-order valence-corrected chi connectivity index (χ0v) is 51.7. The third kappa shape index (κ3) is 22.4. The maximum Gasteiger partial charge on any atom is 0.271 e. The molecule has 85 heavy (non-hydrogen) atoms. The number of aliphatic hydroxyl groups excluding tert-OH is 2. The van der Waals surface area contributed by atoms with E-state index in [0.29, 0.717) is 51.6 Å². The highest BCUT2D eigenvalue weighted by molar-refractivity contribution is 7.16. The van der Waals surface area contributed by atoms with Crippen molar-refractivity contribution in [3.05, 3.63) is 66.3 Å². The van der Waals surface area contributed by atoms with Gasteiger partial charge in [-0.1, -0.05) is 26.8 Å².